The van der Waals surface area contributed by atoms with Crippen LogP contribution in [0.25, 0.3) is 0 Å². The fourth-order valence-corrected chi connectivity index (χ4v) is 3.07. The van der Waals surface area contributed by atoms with Gasteiger partial charge in [0, 0.05) is 32.0 Å². The van der Waals surface area contributed by atoms with Gasteiger partial charge in [0.1, 0.15) is 5.82 Å². The molecule has 1 aliphatic heterocycles. The molecule has 0 saturated carbocycles. The summed E-state index contributed by atoms with van der Waals surface area (Å²) in [4.78, 5) is 24.1. The maximum atomic E-state index is 12.6. The van der Waals surface area contributed by atoms with Crippen LogP contribution in [0.5, 0.6) is 0 Å². The summed E-state index contributed by atoms with van der Waals surface area (Å²) in [5, 5.41) is 10.4. The average Bonchev–Trinajstić information content (AvgIpc) is 3.15. The first-order chi connectivity index (χ1) is 11.2. The summed E-state index contributed by atoms with van der Waals surface area (Å²) in [5.41, 5.74) is 0.630. The summed E-state index contributed by atoms with van der Waals surface area (Å²) in [7, 11) is 0. The van der Waals surface area contributed by atoms with Crippen LogP contribution in [0.2, 0.25) is 0 Å². The highest BCUT2D eigenvalue weighted by atomic mass is 16.3. The average molecular weight is 314 g/mol. The van der Waals surface area contributed by atoms with Gasteiger partial charge in [-0.3, -0.25) is 9.69 Å². The highest BCUT2D eigenvalue weighted by molar-refractivity contribution is 5.82. The van der Waals surface area contributed by atoms with Crippen LogP contribution in [-0.2, 0) is 4.79 Å². The van der Waals surface area contributed by atoms with E-state index in [0.29, 0.717) is 18.7 Å². The van der Waals surface area contributed by atoms with Crippen molar-refractivity contribution < 1.29 is 9.90 Å². The zero-order chi connectivity index (χ0) is 16.2. The first-order valence-corrected chi connectivity index (χ1v) is 7.95. The van der Waals surface area contributed by atoms with E-state index in [1.54, 1.807) is 29.4 Å². The molecule has 0 spiro atoms. The number of benzene rings is 1. The molecular weight excluding hydrogens is 292 g/mol. The molecule has 3 rings (SSSR count). The number of aliphatic hydroxyl groups is 1. The number of rotatable bonds is 4. The van der Waals surface area contributed by atoms with E-state index < -0.39 is 6.10 Å². The molecule has 6 nitrogen and oxygen atoms in total. The molecule has 122 valence electrons. The van der Waals surface area contributed by atoms with E-state index in [9.17, 15) is 9.90 Å². The Bertz CT molecular complexity index is 629. The smallest absolute Gasteiger partial charge is 0.256 e. The number of aromatic nitrogens is 2. The quantitative estimate of drug-likeness (QED) is 0.893. The van der Waals surface area contributed by atoms with Crippen molar-refractivity contribution in [2.45, 2.75) is 19.1 Å². The molecule has 2 N–H and O–H groups in total. The molecule has 0 bridgehead atoms. The first-order valence-electron chi connectivity index (χ1n) is 7.95. The molecular formula is C17H22N4O2. The van der Waals surface area contributed by atoms with Crippen LogP contribution in [0.3, 0.4) is 0 Å². The summed E-state index contributed by atoms with van der Waals surface area (Å²) in [5.74, 6) is 0.613. The van der Waals surface area contributed by atoms with Crippen molar-refractivity contribution in [3.63, 3.8) is 0 Å². The number of imidazole rings is 1. The lowest BCUT2D eigenvalue weighted by Gasteiger charge is -2.40. The number of piperazine rings is 1. The van der Waals surface area contributed by atoms with Gasteiger partial charge in [0.05, 0.1) is 6.04 Å². The van der Waals surface area contributed by atoms with Crippen molar-refractivity contribution in [3.8, 4) is 0 Å². The third kappa shape index (κ3) is 3.28. The second-order valence-corrected chi connectivity index (χ2v) is 5.72. The Balaban J connectivity index is 1.74. The van der Waals surface area contributed by atoms with Crippen LogP contribution in [0.1, 0.15) is 30.5 Å². The topological polar surface area (TPSA) is 72.5 Å². The van der Waals surface area contributed by atoms with Gasteiger partial charge < -0.3 is 15.0 Å². The number of aromatic amines is 1. The number of hydrogen-bond donors (Lipinski definition) is 2. The molecule has 1 amide bonds. The van der Waals surface area contributed by atoms with Gasteiger partial charge in [0.25, 0.3) is 5.91 Å². The lowest BCUT2D eigenvalue weighted by atomic mass is 10.1. The van der Waals surface area contributed by atoms with Gasteiger partial charge in [0.15, 0.2) is 6.10 Å². The Hall–Kier alpha value is -2.18. The summed E-state index contributed by atoms with van der Waals surface area (Å²) < 4.78 is 0. The van der Waals surface area contributed by atoms with E-state index in [0.717, 1.165) is 18.9 Å². The highest BCUT2D eigenvalue weighted by Gasteiger charge is 2.33. The minimum Gasteiger partial charge on any atom is -0.378 e. The van der Waals surface area contributed by atoms with Crippen LogP contribution in [0, 0.1) is 0 Å². The van der Waals surface area contributed by atoms with Crippen LogP contribution in [0.15, 0.2) is 42.7 Å². The predicted molar refractivity (Wildman–Crippen MR) is 86.6 cm³/mol. The second kappa shape index (κ2) is 6.93. The van der Waals surface area contributed by atoms with E-state index in [4.69, 9.17) is 0 Å². The third-order valence-corrected chi connectivity index (χ3v) is 4.39. The van der Waals surface area contributed by atoms with Crippen molar-refractivity contribution >= 4 is 5.91 Å². The van der Waals surface area contributed by atoms with E-state index >= 15 is 0 Å². The molecule has 1 fully saturated rings. The Morgan fingerprint density at radius 1 is 1.39 bits per heavy atom. The van der Waals surface area contributed by atoms with E-state index in [1.165, 1.54) is 0 Å². The monoisotopic (exact) mass is 314 g/mol. The molecule has 23 heavy (non-hydrogen) atoms. The first kappa shape index (κ1) is 15.7. The third-order valence-electron chi connectivity index (χ3n) is 4.39. The van der Waals surface area contributed by atoms with Gasteiger partial charge in [0.2, 0.25) is 0 Å². The van der Waals surface area contributed by atoms with Gasteiger partial charge in [-0.25, -0.2) is 4.98 Å². The molecule has 0 aliphatic carbocycles. The van der Waals surface area contributed by atoms with Gasteiger partial charge in [-0.1, -0.05) is 37.3 Å². The second-order valence-electron chi connectivity index (χ2n) is 5.72. The minimum absolute atomic E-state index is 0.0377. The highest BCUT2D eigenvalue weighted by Crippen LogP contribution is 2.25. The summed E-state index contributed by atoms with van der Waals surface area (Å²) in [6.07, 6.45) is 2.41. The van der Waals surface area contributed by atoms with Crippen LogP contribution in [-0.4, -0.2) is 57.0 Å². The minimum atomic E-state index is -1.11. The zero-order valence-electron chi connectivity index (χ0n) is 13.2. The van der Waals surface area contributed by atoms with Crippen LogP contribution < -0.4 is 0 Å². The molecule has 2 atom stereocenters. The maximum Gasteiger partial charge on any atom is 0.256 e. The number of carbonyl (C=O) groups excluding carboxylic acids is 1. The van der Waals surface area contributed by atoms with Crippen molar-refractivity contribution in [2.24, 2.45) is 0 Å². The SMILES string of the molecule is CCN1CCN(C(=O)[C@H](O)c2ccccc2)C[C@H]1c1ncc[nH]1. The zero-order valence-corrected chi connectivity index (χ0v) is 13.2. The molecule has 6 heteroatoms. The van der Waals surface area contributed by atoms with Crippen LogP contribution in [0.4, 0.5) is 0 Å². The van der Waals surface area contributed by atoms with Gasteiger partial charge in [-0.05, 0) is 12.1 Å². The number of hydrogen-bond acceptors (Lipinski definition) is 4. The van der Waals surface area contributed by atoms with Gasteiger partial charge in [-0.2, -0.15) is 0 Å². The number of nitrogens with one attached hydrogen (secondary N) is 1. The molecule has 1 saturated heterocycles. The normalized spacial score (nSPS) is 20.4. The van der Waals surface area contributed by atoms with Gasteiger partial charge in [-0.15, -0.1) is 0 Å². The lowest BCUT2D eigenvalue weighted by Crippen LogP contribution is -2.51. The number of amides is 1. The van der Waals surface area contributed by atoms with Gasteiger partial charge >= 0.3 is 0 Å². The van der Waals surface area contributed by atoms with Crippen molar-refractivity contribution in [1.82, 2.24) is 19.8 Å². The van der Waals surface area contributed by atoms with E-state index in [-0.39, 0.29) is 11.9 Å². The van der Waals surface area contributed by atoms with Crippen molar-refractivity contribution in [2.75, 3.05) is 26.2 Å². The number of nitrogens with zero attached hydrogens (tertiary/aromatic N) is 3. The largest absolute Gasteiger partial charge is 0.378 e. The predicted octanol–water partition coefficient (Wildman–Crippen LogP) is 1.35. The number of aliphatic hydroxyl groups excluding tert-OH is 1. The Morgan fingerprint density at radius 3 is 2.83 bits per heavy atom. The molecule has 2 aromatic rings. The Labute approximate surface area is 135 Å². The number of carbonyl (C=O) groups is 1. The standard InChI is InChI=1S/C17H22N4O2/c1-2-20-10-11-21(12-14(20)16-18-8-9-19-16)17(23)15(22)13-6-4-3-5-7-13/h3-9,14-15,22H,2,10-12H2,1H3,(H,18,19)/t14-,15+/m0/s1. The summed E-state index contributed by atoms with van der Waals surface area (Å²) >= 11 is 0. The van der Waals surface area contributed by atoms with E-state index in [2.05, 4.69) is 21.8 Å². The fraction of sp³-hybridized carbons (Fsp3) is 0.412. The van der Waals surface area contributed by atoms with Crippen LogP contribution >= 0.6 is 0 Å². The lowest BCUT2D eigenvalue weighted by molar-refractivity contribution is -0.143. The molecule has 1 aliphatic rings. The molecule has 0 radical (unpaired) electrons. The number of H-pyrrole nitrogens is 1. The summed E-state index contributed by atoms with van der Waals surface area (Å²) in [6, 6.07) is 9.10. The fourth-order valence-electron chi connectivity index (χ4n) is 3.07. The molecule has 1 aromatic heterocycles. The number of likely N-dealkylation sites (N-methyl/N-ethyl adjacent to an activating group) is 1. The maximum absolute atomic E-state index is 12.6. The molecule has 1 aromatic carbocycles. The summed E-state index contributed by atoms with van der Waals surface area (Å²) in [6.45, 7) is 4.92. The van der Waals surface area contributed by atoms with E-state index in [1.807, 2.05) is 18.2 Å². The Morgan fingerprint density at radius 2 is 2.17 bits per heavy atom. The molecule has 0 unspecified atom stereocenters. The van der Waals surface area contributed by atoms with Crippen molar-refractivity contribution in [3.05, 3.63) is 54.1 Å². The molecule has 2 heterocycles. The Kier molecular flexibility index (Phi) is 4.73. The van der Waals surface area contributed by atoms with Crippen molar-refractivity contribution in [1.29, 1.82) is 0 Å².